The number of aromatic hydroxyl groups is 1. The molecule has 2 N–H and O–H groups in total. The fourth-order valence-corrected chi connectivity index (χ4v) is 3.44. The minimum absolute atomic E-state index is 0.150. The molecule has 29 heavy (non-hydrogen) atoms. The van der Waals surface area contributed by atoms with E-state index < -0.39 is 0 Å². The van der Waals surface area contributed by atoms with Crippen LogP contribution in [0.3, 0.4) is 0 Å². The third-order valence-corrected chi connectivity index (χ3v) is 4.88. The van der Waals surface area contributed by atoms with Crippen LogP contribution in [0.2, 0.25) is 0 Å². The lowest BCUT2D eigenvalue weighted by Gasteiger charge is -2.09. The van der Waals surface area contributed by atoms with Crippen LogP contribution < -0.4 is 4.74 Å². The highest BCUT2D eigenvalue weighted by Gasteiger charge is 2.14. The molecular formula is C23H21N3O3. The molecule has 0 bridgehead atoms. The molecule has 6 nitrogen and oxygen atoms in total. The first kappa shape index (κ1) is 18.6. The third kappa shape index (κ3) is 3.40. The van der Waals surface area contributed by atoms with Gasteiger partial charge in [-0.25, -0.2) is 4.98 Å². The van der Waals surface area contributed by atoms with Gasteiger partial charge in [0.15, 0.2) is 0 Å². The second kappa shape index (κ2) is 7.67. The number of nitrogens with one attached hydrogen (secondary N) is 1. The maximum atomic E-state index is 10.2. The van der Waals surface area contributed by atoms with Crippen LogP contribution in [0.1, 0.15) is 12.5 Å². The van der Waals surface area contributed by atoms with E-state index in [9.17, 15) is 5.11 Å². The second-order valence-electron chi connectivity index (χ2n) is 6.61. The Kier molecular flexibility index (Phi) is 4.91. The molecule has 6 heteroatoms. The maximum Gasteiger partial charge on any atom is 0.137 e. The van der Waals surface area contributed by atoms with E-state index in [4.69, 9.17) is 9.57 Å². The van der Waals surface area contributed by atoms with Crippen molar-refractivity contribution < 1.29 is 14.7 Å². The predicted molar refractivity (Wildman–Crippen MR) is 114 cm³/mol. The van der Waals surface area contributed by atoms with Gasteiger partial charge in [-0.3, -0.25) is 0 Å². The van der Waals surface area contributed by atoms with E-state index in [1.54, 1.807) is 20.1 Å². The van der Waals surface area contributed by atoms with Gasteiger partial charge in [0.2, 0.25) is 0 Å². The van der Waals surface area contributed by atoms with Gasteiger partial charge in [-0.15, -0.1) is 0 Å². The number of para-hydroxylation sites is 1. The van der Waals surface area contributed by atoms with Crippen LogP contribution in [0, 0.1) is 0 Å². The van der Waals surface area contributed by atoms with E-state index in [1.165, 1.54) is 7.11 Å². The second-order valence-corrected chi connectivity index (χ2v) is 6.61. The van der Waals surface area contributed by atoms with Crippen molar-refractivity contribution in [3.8, 4) is 33.8 Å². The lowest BCUT2D eigenvalue weighted by atomic mass is 9.99. The van der Waals surface area contributed by atoms with Crippen molar-refractivity contribution in [1.29, 1.82) is 0 Å². The Labute approximate surface area is 168 Å². The lowest BCUT2D eigenvalue weighted by Crippen LogP contribution is -1.97. The largest absolute Gasteiger partial charge is 0.507 e. The molecule has 0 aliphatic heterocycles. The molecule has 2 heterocycles. The van der Waals surface area contributed by atoms with Crippen LogP contribution >= 0.6 is 0 Å². The minimum Gasteiger partial charge on any atom is -0.507 e. The van der Waals surface area contributed by atoms with Crippen LogP contribution in [0.4, 0.5) is 0 Å². The number of pyridine rings is 1. The SMILES string of the molecule is CON=C(C)c1cc(-c2cnc3[nH]cc(-c4ccccc4OC)c3c2)ccc1O. The number of hydrogen-bond donors (Lipinski definition) is 2. The molecule has 4 rings (SSSR count). The van der Waals surface area contributed by atoms with Gasteiger partial charge in [0.1, 0.15) is 24.3 Å². The number of ether oxygens (including phenoxy) is 1. The van der Waals surface area contributed by atoms with Gasteiger partial charge in [-0.1, -0.05) is 29.4 Å². The number of aromatic amines is 1. The van der Waals surface area contributed by atoms with Crippen molar-refractivity contribution in [3.05, 3.63) is 66.5 Å². The number of oxime groups is 1. The van der Waals surface area contributed by atoms with E-state index in [-0.39, 0.29) is 5.75 Å². The summed E-state index contributed by atoms with van der Waals surface area (Å²) in [7, 11) is 3.15. The number of methoxy groups -OCH3 is 1. The molecule has 0 radical (unpaired) electrons. The zero-order chi connectivity index (χ0) is 20.4. The molecule has 0 atom stereocenters. The molecule has 0 fully saturated rings. The summed E-state index contributed by atoms with van der Waals surface area (Å²) in [6.07, 6.45) is 3.75. The van der Waals surface area contributed by atoms with Crippen LogP contribution in [0.25, 0.3) is 33.3 Å². The van der Waals surface area contributed by atoms with Crippen LogP contribution in [-0.2, 0) is 4.84 Å². The minimum atomic E-state index is 0.150. The van der Waals surface area contributed by atoms with Gasteiger partial charge in [0.05, 0.1) is 12.8 Å². The van der Waals surface area contributed by atoms with Gasteiger partial charge in [-0.05, 0) is 36.8 Å². The monoisotopic (exact) mass is 387 g/mol. The van der Waals surface area contributed by atoms with Gasteiger partial charge >= 0.3 is 0 Å². The zero-order valence-corrected chi connectivity index (χ0v) is 16.4. The van der Waals surface area contributed by atoms with Crippen molar-refractivity contribution in [2.45, 2.75) is 6.92 Å². The van der Waals surface area contributed by atoms with E-state index in [2.05, 4.69) is 21.2 Å². The number of fused-ring (bicyclic) bond motifs is 1. The average Bonchev–Trinajstić information content (AvgIpc) is 3.17. The molecular weight excluding hydrogens is 366 g/mol. The Morgan fingerprint density at radius 2 is 1.86 bits per heavy atom. The number of aromatic nitrogens is 2. The summed E-state index contributed by atoms with van der Waals surface area (Å²) >= 11 is 0. The molecule has 0 spiro atoms. The fourth-order valence-electron chi connectivity index (χ4n) is 3.44. The summed E-state index contributed by atoms with van der Waals surface area (Å²) < 4.78 is 5.52. The molecule has 2 aromatic carbocycles. The molecule has 0 aliphatic carbocycles. The molecule has 0 unspecified atom stereocenters. The van der Waals surface area contributed by atoms with Crippen molar-refractivity contribution >= 4 is 16.7 Å². The maximum absolute atomic E-state index is 10.2. The third-order valence-electron chi connectivity index (χ3n) is 4.88. The van der Waals surface area contributed by atoms with Gasteiger partial charge < -0.3 is 19.7 Å². The Bertz CT molecular complexity index is 1210. The molecule has 4 aromatic rings. The highest BCUT2D eigenvalue weighted by atomic mass is 16.6. The number of phenolic OH excluding ortho intramolecular Hbond substituents is 1. The number of benzene rings is 2. The predicted octanol–water partition coefficient (Wildman–Crippen LogP) is 4.98. The van der Waals surface area contributed by atoms with Gasteiger partial charge in [-0.2, -0.15) is 0 Å². The highest BCUT2D eigenvalue weighted by molar-refractivity contribution is 6.02. The first-order valence-electron chi connectivity index (χ1n) is 9.14. The van der Waals surface area contributed by atoms with Crippen LogP contribution in [0.15, 0.2) is 66.1 Å². The lowest BCUT2D eigenvalue weighted by molar-refractivity contribution is 0.213. The summed E-state index contributed by atoms with van der Waals surface area (Å²) in [6, 6.07) is 15.4. The Morgan fingerprint density at radius 1 is 1.03 bits per heavy atom. The molecule has 146 valence electrons. The Morgan fingerprint density at radius 3 is 2.66 bits per heavy atom. The first-order chi connectivity index (χ1) is 14.1. The van der Waals surface area contributed by atoms with E-state index in [0.717, 1.165) is 39.0 Å². The van der Waals surface area contributed by atoms with E-state index in [0.29, 0.717) is 11.3 Å². The number of phenols is 1. The molecule has 2 aromatic heterocycles. The molecule has 0 amide bonds. The summed E-state index contributed by atoms with van der Waals surface area (Å²) in [5.74, 6) is 0.953. The van der Waals surface area contributed by atoms with Crippen LogP contribution in [0.5, 0.6) is 11.5 Å². The number of nitrogens with zero attached hydrogens (tertiary/aromatic N) is 2. The van der Waals surface area contributed by atoms with Gasteiger partial charge in [0.25, 0.3) is 0 Å². The highest BCUT2D eigenvalue weighted by Crippen LogP contribution is 2.36. The summed E-state index contributed by atoms with van der Waals surface area (Å²) in [6.45, 7) is 1.79. The quantitative estimate of drug-likeness (QED) is 0.374. The fraction of sp³-hybridized carbons (Fsp3) is 0.130. The number of hydrogen-bond acceptors (Lipinski definition) is 5. The van der Waals surface area contributed by atoms with E-state index >= 15 is 0 Å². The zero-order valence-electron chi connectivity index (χ0n) is 16.4. The van der Waals surface area contributed by atoms with Crippen molar-refractivity contribution in [2.24, 2.45) is 5.16 Å². The first-order valence-corrected chi connectivity index (χ1v) is 9.14. The molecule has 0 saturated carbocycles. The van der Waals surface area contributed by atoms with Gasteiger partial charge in [0, 0.05) is 40.0 Å². The summed E-state index contributed by atoms with van der Waals surface area (Å²) in [4.78, 5) is 12.6. The normalized spacial score (nSPS) is 11.6. The summed E-state index contributed by atoms with van der Waals surface area (Å²) in [5, 5.41) is 15.1. The van der Waals surface area contributed by atoms with Crippen molar-refractivity contribution in [1.82, 2.24) is 9.97 Å². The Hall–Kier alpha value is -3.80. The van der Waals surface area contributed by atoms with Crippen molar-refractivity contribution in [2.75, 3.05) is 14.2 Å². The smallest absolute Gasteiger partial charge is 0.137 e. The number of rotatable bonds is 5. The summed E-state index contributed by atoms with van der Waals surface area (Å²) in [5.41, 5.74) is 5.87. The van der Waals surface area contributed by atoms with Crippen LogP contribution in [-0.4, -0.2) is 35.0 Å². The Balaban J connectivity index is 1.85. The average molecular weight is 387 g/mol. The van der Waals surface area contributed by atoms with Crippen molar-refractivity contribution in [3.63, 3.8) is 0 Å². The molecule has 0 aliphatic rings. The molecule has 0 saturated heterocycles. The standard InChI is InChI=1S/C23H21N3O3/c1-14(26-29-3)18-10-15(8-9-21(18)27)16-11-19-20(13-25-23(19)24-12-16)17-6-4-5-7-22(17)28-2/h4-13,27H,1-3H3,(H,24,25). The van der Waals surface area contributed by atoms with E-state index in [1.807, 2.05) is 48.8 Å². The topological polar surface area (TPSA) is 79.7 Å². The number of H-pyrrole nitrogens is 1.